The summed E-state index contributed by atoms with van der Waals surface area (Å²) in [5.41, 5.74) is -0.728. The second kappa shape index (κ2) is 8.74. The van der Waals surface area contributed by atoms with Crippen molar-refractivity contribution in [3.8, 4) is 5.75 Å². The van der Waals surface area contributed by atoms with Gasteiger partial charge in [-0.1, -0.05) is 6.58 Å². The van der Waals surface area contributed by atoms with Crippen LogP contribution in [-0.4, -0.2) is 38.3 Å². The zero-order valence-corrected chi connectivity index (χ0v) is 14.6. The van der Waals surface area contributed by atoms with E-state index in [1.807, 2.05) is 0 Å². The van der Waals surface area contributed by atoms with E-state index in [1.165, 1.54) is 26.3 Å². The predicted molar refractivity (Wildman–Crippen MR) is 89.8 cm³/mol. The van der Waals surface area contributed by atoms with Crippen molar-refractivity contribution in [1.29, 1.82) is 0 Å². The van der Waals surface area contributed by atoms with Crippen molar-refractivity contribution in [3.63, 3.8) is 0 Å². The lowest BCUT2D eigenvalue weighted by Crippen LogP contribution is -2.18. The first-order chi connectivity index (χ1) is 12.4. The molecule has 0 spiro atoms. The van der Waals surface area contributed by atoms with E-state index in [0.717, 1.165) is 25.1 Å². The van der Waals surface area contributed by atoms with Gasteiger partial charge in [-0.15, -0.1) is 13.2 Å². The average molecular weight is 394 g/mol. The Bertz CT molecular complexity index is 759. The van der Waals surface area contributed by atoms with Crippen molar-refractivity contribution in [2.75, 3.05) is 14.2 Å². The number of aliphatic imine (C=N–C) groups is 2. The third kappa shape index (κ3) is 7.16. The number of hydrogen-bond acceptors (Lipinski definition) is 4. The van der Waals surface area contributed by atoms with Crippen LogP contribution in [-0.2, 0) is 4.74 Å². The summed E-state index contributed by atoms with van der Waals surface area (Å²) in [7, 11) is 2.45. The van der Waals surface area contributed by atoms with Gasteiger partial charge in [-0.25, -0.2) is 4.99 Å². The molecule has 0 atom stereocenters. The molecule has 0 fully saturated rings. The molecule has 0 bridgehead atoms. The molecule has 0 radical (unpaired) electrons. The summed E-state index contributed by atoms with van der Waals surface area (Å²) in [6.45, 7) is 4.50. The van der Waals surface area contributed by atoms with Gasteiger partial charge in [-0.05, 0) is 42.8 Å². The summed E-state index contributed by atoms with van der Waals surface area (Å²) in [6, 6.07) is 4.64. The highest BCUT2D eigenvalue weighted by atomic mass is 19.4. The Labute approximate surface area is 151 Å². The average Bonchev–Trinajstić information content (AvgIpc) is 2.55. The fourth-order valence-electron chi connectivity index (χ4n) is 1.75. The fraction of sp³-hybridized carbons (Fsp3) is 0.294. The maximum absolute atomic E-state index is 12.7. The van der Waals surface area contributed by atoms with Crippen LogP contribution in [0.15, 0.2) is 52.5 Å². The van der Waals surface area contributed by atoms with Crippen molar-refractivity contribution in [3.05, 3.63) is 48.1 Å². The molecule has 1 aromatic carbocycles. The second-order valence-electron chi connectivity index (χ2n) is 5.07. The van der Waals surface area contributed by atoms with E-state index in [4.69, 9.17) is 4.74 Å². The molecule has 0 amide bonds. The first-order valence-corrected chi connectivity index (χ1v) is 7.27. The molecule has 0 aliphatic rings. The fourth-order valence-corrected chi connectivity index (χ4v) is 1.75. The highest BCUT2D eigenvalue weighted by Gasteiger charge is 2.31. The first-order valence-electron chi connectivity index (χ1n) is 7.27. The number of ether oxygens (including phenoxy) is 2. The van der Waals surface area contributed by atoms with Gasteiger partial charge >= 0.3 is 12.5 Å². The summed E-state index contributed by atoms with van der Waals surface area (Å²) in [6.07, 6.45) is -8.61. The van der Waals surface area contributed by atoms with Crippen molar-refractivity contribution >= 4 is 17.3 Å². The first kappa shape index (κ1) is 22.3. The third-order valence-corrected chi connectivity index (χ3v) is 3.11. The van der Waals surface area contributed by atoms with Crippen molar-refractivity contribution in [2.45, 2.75) is 19.5 Å². The highest BCUT2D eigenvalue weighted by molar-refractivity contribution is 6.44. The summed E-state index contributed by atoms with van der Waals surface area (Å²) in [5, 5.41) is 0. The smallest absolute Gasteiger partial charge is 0.479 e. The Hall–Kier alpha value is -2.78. The Morgan fingerprint density at radius 3 is 2.04 bits per heavy atom. The Morgan fingerprint density at radius 2 is 1.63 bits per heavy atom. The zero-order valence-electron chi connectivity index (χ0n) is 14.6. The summed E-state index contributed by atoms with van der Waals surface area (Å²) in [4.78, 5) is 7.68. The van der Waals surface area contributed by atoms with Crippen LogP contribution in [0, 0.1) is 0 Å². The Morgan fingerprint density at radius 1 is 1.07 bits per heavy atom. The van der Waals surface area contributed by atoms with Gasteiger partial charge in [0.1, 0.15) is 11.5 Å². The van der Waals surface area contributed by atoms with E-state index in [1.54, 1.807) is 0 Å². The minimum absolute atomic E-state index is 0.0459. The molecule has 0 aliphatic heterocycles. The predicted octanol–water partition coefficient (Wildman–Crippen LogP) is 5.18. The Balaban J connectivity index is 3.09. The molecule has 1 rings (SSSR count). The van der Waals surface area contributed by atoms with Crippen molar-refractivity contribution in [1.82, 2.24) is 0 Å². The molecular weight excluding hydrogens is 378 g/mol. The molecule has 0 unspecified atom stereocenters. The number of benzene rings is 1. The van der Waals surface area contributed by atoms with Gasteiger partial charge < -0.3 is 9.47 Å². The molecule has 10 heteroatoms. The number of methoxy groups -OCH3 is 1. The Kier molecular flexibility index (Phi) is 7.21. The van der Waals surface area contributed by atoms with E-state index in [-0.39, 0.29) is 17.3 Å². The maximum atomic E-state index is 12.7. The van der Waals surface area contributed by atoms with Gasteiger partial charge in [0.05, 0.1) is 12.8 Å². The number of rotatable bonds is 5. The SMILES string of the molecule is C=C(N=C(OC)C(/C=C(\C)C(F)(F)F)=NC)c1ccc(OC(F)(F)F)cc1. The standard InChI is InChI=1S/C17H16F6N2O2/c1-10(16(18,19)20)9-14(24-3)15(26-4)25-11(2)12-5-7-13(8-6-12)27-17(21,22)23/h5-9H,2H2,1,3-4H3/b10-9+,24-14?,25-15?. The molecule has 27 heavy (non-hydrogen) atoms. The molecule has 0 N–H and O–H groups in total. The van der Waals surface area contributed by atoms with Gasteiger partial charge in [-0.3, -0.25) is 4.99 Å². The van der Waals surface area contributed by atoms with Crippen LogP contribution < -0.4 is 4.74 Å². The van der Waals surface area contributed by atoms with Crippen LogP contribution in [0.2, 0.25) is 0 Å². The molecule has 4 nitrogen and oxygen atoms in total. The zero-order chi connectivity index (χ0) is 20.8. The third-order valence-electron chi connectivity index (χ3n) is 3.11. The van der Waals surface area contributed by atoms with Crippen LogP contribution in [0.3, 0.4) is 0 Å². The van der Waals surface area contributed by atoms with E-state index < -0.39 is 23.9 Å². The highest BCUT2D eigenvalue weighted by Crippen LogP contribution is 2.26. The molecule has 0 saturated carbocycles. The van der Waals surface area contributed by atoms with Gasteiger partial charge in [0.15, 0.2) is 0 Å². The summed E-state index contributed by atoms with van der Waals surface area (Å²) >= 11 is 0. The number of alkyl halides is 6. The van der Waals surface area contributed by atoms with Gasteiger partial charge in [0.25, 0.3) is 0 Å². The van der Waals surface area contributed by atoms with Crippen LogP contribution in [0.25, 0.3) is 5.70 Å². The molecule has 0 aromatic heterocycles. The summed E-state index contributed by atoms with van der Waals surface area (Å²) in [5.74, 6) is -0.670. The van der Waals surface area contributed by atoms with E-state index >= 15 is 0 Å². The quantitative estimate of drug-likeness (QED) is 0.392. The summed E-state index contributed by atoms with van der Waals surface area (Å²) < 4.78 is 83.2. The lowest BCUT2D eigenvalue weighted by Gasteiger charge is -2.11. The molecular formula is C17H16F6N2O2. The second-order valence-corrected chi connectivity index (χ2v) is 5.07. The molecule has 0 aliphatic carbocycles. The molecule has 0 saturated heterocycles. The van der Waals surface area contributed by atoms with Crippen LogP contribution in [0.1, 0.15) is 12.5 Å². The minimum atomic E-state index is -4.82. The van der Waals surface area contributed by atoms with E-state index in [9.17, 15) is 26.3 Å². The van der Waals surface area contributed by atoms with E-state index in [2.05, 4.69) is 21.3 Å². The molecule has 148 valence electrons. The monoisotopic (exact) mass is 394 g/mol. The van der Waals surface area contributed by atoms with Gasteiger partial charge in [0, 0.05) is 12.6 Å². The number of halogens is 6. The van der Waals surface area contributed by atoms with Gasteiger partial charge in [-0.2, -0.15) is 13.2 Å². The normalized spacial score (nSPS) is 14.2. The molecule has 1 aromatic rings. The van der Waals surface area contributed by atoms with Crippen molar-refractivity contribution in [2.24, 2.45) is 9.98 Å². The maximum Gasteiger partial charge on any atom is 0.573 e. The van der Waals surface area contributed by atoms with Crippen molar-refractivity contribution < 1.29 is 35.8 Å². The van der Waals surface area contributed by atoms with Crippen LogP contribution in [0.5, 0.6) is 5.75 Å². The van der Waals surface area contributed by atoms with Gasteiger partial charge in [0.2, 0.25) is 5.90 Å². The van der Waals surface area contributed by atoms with Crippen LogP contribution in [0.4, 0.5) is 26.3 Å². The number of hydrogen-bond donors (Lipinski definition) is 0. The number of nitrogens with zero attached hydrogens (tertiary/aromatic N) is 2. The largest absolute Gasteiger partial charge is 0.573 e. The van der Waals surface area contributed by atoms with Crippen LogP contribution >= 0.6 is 0 Å². The molecule has 0 heterocycles. The topological polar surface area (TPSA) is 43.2 Å². The lowest BCUT2D eigenvalue weighted by atomic mass is 10.1. The lowest BCUT2D eigenvalue weighted by molar-refractivity contribution is -0.274. The number of allylic oxidation sites excluding steroid dienone is 1. The van der Waals surface area contributed by atoms with E-state index in [0.29, 0.717) is 5.56 Å². The minimum Gasteiger partial charge on any atom is -0.479 e.